The molecule has 0 bridgehead atoms. The van der Waals surface area contributed by atoms with Crippen molar-refractivity contribution < 1.29 is 13.2 Å². The van der Waals surface area contributed by atoms with Crippen LogP contribution in [0.4, 0.5) is 5.00 Å². The number of hydrogen-bond donors (Lipinski definition) is 1. The van der Waals surface area contributed by atoms with Gasteiger partial charge in [0.05, 0.1) is 26.4 Å². The number of hydrogen-bond acceptors (Lipinski definition) is 6. The van der Waals surface area contributed by atoms with E-state index in [-0.39, 0.29) is 16.2 Å². The van der Waals surface area contributed by atoms with Crippen LogP contribution in [0.15, 0.2) is 53.4 Å². The van der Waals surface area contributed by atoms with Crippen LogP contribution in [0.2, 0.25) is 0 Å². The van der Waals surface area contributed by atoms with Crippen LogP contribution in [0.3, 0.4) is 0 Å². The Morgan fingerprint density at radius 1 is 1.12 bits per heavy atom. The van der Waals surface area contributed by atoms with Crippen LogP contribution >= 0.6 is 22.7 Å². The van der Waals surface area contributed by atoms with Gasteiger partial charge >= 0.3 is 0 Å². The van der Waals surface area contributed by atoms with E-state index in [4.69, 9.17) is 4.98 Å². The van der Waals surface area contributed by atoms with Gasteiger partial charge in [0.2, 0.25) is 0 Å². The highest BCUT2D eigenvalue weighted by Gasteiger charge is 2.28. The van der Waals surface area contributed by atoms with E-state index in [0.29, 0.717) is 5.92 Å². The zero-order valence-electron chi connectivity index (χ0n) is 18.4. The van der Waals surface area contributed by atoms with E-state index in [1.54, 1.807) is 47.8 Å². The molecule has 1 unspecified atom stereocenters. The summed E-state index contributed by atoms with van der Waals surface area (Å²) in [5.74, 6) is 0.134. The summed E-state index contributed by atoms with van der Waals surface area (Å²) in [6.45, 7) is 3.84. The van der Waals surface area contributed by atoms with Crippen molar-refractivity contribution in [3.63, 3.8) is 0 Å². The monoisotopic (exact) mass is 496 g/mol. The van der Waals surface area contributed by atoms with E-state index < -0.39 is 15.7 Å². The molecular formula is C25H24N2O3S3. The lowest BCUT2D eigenvalue weighted by Crippen LogP contribution is -2.17. The number of benzene rings is 2. The van der Waals surface area contributed by atoms with Crippen LogP contribution in [0.25, 0.3) is 20.8 Å². The third-order valence-electron chi connectivity index (χ3n) is 6.09. The van der Waals surface area contributed by atoms with E-state index in [0.717, 1.165) is 45.1 Å². The molecule has 33 heavy (non-hydrogen) atoms. The average molecular weight is 497 g/mol. The normalized spacial score (nSPS) is 16.0. The SMILES string of the molecule is CCS(=O)(=O)c1ccccc1C(=O)Nc1sc2c(c1-c1nc3ccccc3s1)CCC(C)C2. The molecule has 5 rings (SSSR count). The molecule has 0 aliphatic heterocycles. The molecule has 0 spiro atoms. The summed E-state index contributed by atoms with van der Waals surface area (Å²) in [7, 11) is -3.52. The molecule has 2 aromatic heterocycles. The number of rotatable bonds is 5. The van der Waals surface area contributed by atoms with Gasteiger partial charge < -0.3 is 5.32 Å². The first kappa shape index (κ1) is 22.3. The molecular weight excluding hydrogens is 472 g/mol. The Bertz CT molecular complexity index is 1430. The van der Waals surface area contributed by atoms with E-state index in [1.165, 1.54) is 16.5 Å². The highest BCUT2D eigenvalue weighted by atomic mass is 32.2. The number of para-hydroxylation sites is 1. The fraction of sp³-hybridized carbons (Fsp3) is 0.280. The van der Waals surface area contributed by atoms with Crippen LogP contribution < -0.4 is 5.32 Å². The van der Waals surface area contributed by atoms with Gasteiger partial charge in [0.15, 0.2) is 9.84 Å². The van der Waals surface area contributed by atoms with Crippen molar-refractivity contribution in [1.82, 2.24) is 4.98 Å². The van der Waals surface area contributed by atoms with Crippen molar-refractivity contribution >= 4 is 53.6 Å². The molecule has 2 aromatic carbocycles. The van der Waals surface area contributed by atoms with E-state index in [1.807, 2.05) is 18.2 Å². The third-order valence-corrected chi connectivity index (χ3v) is 10.1. The number of amides is 1. The molecule has 1 aliphatic rings. The minimum Gasteiger partial charge on any atom is -0.313 e. The summed E-state index contributed by atoms with van der Waals surface area (Å²) in [6, 6.07) is 14.5. The van der Waals surface area contributed by atoms with Gasteiger partial charge in [0, 0.05) is 10.4 Å². The molecule has 1 aliphatic carbocycles. The quantitative estimate of drug-likeness (QED) is 0.357. The van der Waals surface area contributed by atoms with Gasteiger partial charge in [-0.1, -0.05) is 38.1 Å². The molecule has 0 radical (unpaired) electrons. The van der Waals surface area contributed by atoms with Crippen LogP contribution in [0.5, 0.6) is 0 Å². The van der Waals surface area contributed by atoms with Crippen LogP contribution in [-0.4, -0.2) is 25.1 Å². The number of thiazole rings is 1. The molecule has 1 amide bonds. The highest BCUT2D eigenvalue weighted by molar-refractivity contribution is 7.91. The maximum Gasteiger partial charge on any atom is 0.257 e. The predicted molar refractivity (Wildman–Crippen MR) is 136 cm³/mol. The van der Waals surface area contributed by atoms with Gasteiger partial charge in [-0.25, -0.2) is 13.4 Å². The molecule has 2 heterocycles. The summed E-state index contributed by atoms with van der Waals surface area (Å²) in [6.07, 6.45) is 3.04. The van der Waals surface area contributed by atoms with Crippen molar-refractivity contribution in [1.29, 1.82) is 0 Å². The second-order valence-corrected chi connectivity index (χ2v) is 12.8. The predicted octanol–water partition coefficient (Wildman–Crippen LogP) is 6.20. The molecule has 0 saturated heterocycles. The molecule has 8 heteroatoms. The number of sulfone groups is 1. The minimum absolute atomic E-state index is 0.0561. The summed E-state index contributed by atoms with van der Waals surface area (Å²) in [4.78, 5) is 19.6. The summed E-state index contributed by atoms with van der Waals surface area (Å²) >= 11 is 3.22. The Hall–Kier alpha value is -2.55. The third kappa shape index (κ3) is 4.11. The molecule has 170 valence electrons. The second kappa shape index (κ2) is 8.66. The van der Waals surface area contributed by atoms with Crippen molar-refractivity contribution in [2.45, 2.75) is 38.0 Å². The Morgan fingerprint density at radius 2 is 1.88 bits per heavy atom. The van der Waals surface area contributed by atoms with E-state index in [2.05, 4.69) is 18.3 Å². The Morgan fingerprint density at radius 3 is 2.67 bits per heavy atom. The molecule has 1 N–H and O–H groups in total. The van der Waals surface area contributed by atoms with Crippen molar-refractivity contribution in [3.8, 4) is 10.6 Å². The first-order valence-corrected chi connectivity index (χ1v) is 14.3. The first-order chi connectivity index (χ1) is 15.9. The maximum atomic E-state index is 13.3. The lowest BCUT2D eigenvalue weighted by molar-refractivity contribution is 0.102. The average Bonchev–Trinajstić information content (AvgIpc) is 3.39. The fourth-order valence-electron chi connectivity index (χ4n) is 4.30. The van der Waals surface area contributed by atoms with E-state index in [9.17, 15) is 13.2 Å². The highest BCUT2D eigenvalue weighted by Crippen LogP contribution is 2.47. The first-order valence-electron chi connectivity index (χ1n) is 11.0. The number of carbonyl (C=O) groups excluding carboxylic acids is 1. The number of nitrogens with zero attached hydrogens (tertiary/aromatic N) is 1. The number of carbonyl (C=O) groups is 1. The van der Waals surface area contributed by atoms with Gasteiger partial charge in [0.25, 0.3) is 5.91 Å². The van der Waals surface area contributed by atoms with Crippen LogP contribution in [-0.2, 0) is 22.7 Å². The smallest absolute Gasteiger partial charge is 0.257 e. The van der Waals surface area contributed by atoms with Gasteiger partial charge in [-0.05, 0) is 55.0 Å². The molecule has 5 nitrogen and oxygen atoms in total. The maximum absolute atomic E-state index is 13.3. The molecule has 0 fully saturated rings. The van der Waals surface area contributed by atoms with Crippen LogP contribution in [0, 0.1) is 5.92 Å². The number of aromatic nitrogens is 1. The van der Waals surface area contributed by atoms with E-state index >= 15 is 0 Å². The zero-order valence-corrected chi connectivity index (χ0v) is 20.9. The fourth-order valence-corrected chi connectivity index (χ4v) is 7.90. The zero-order chi connectivity index (χ0) is 23.2. The van der Waals surface area contributed by atoms with Crippen molar-refractivity contribution in [2.24, 2.45) is 5.92 Å². The molecule has 0 saturated carbocycles. The van der Waals surface area contributed by atoms with Crippen molar-refractivity contribution in [2.75, 3.05) is 11.1 Å². The summed E-state index contributed by atoms with van der Waals surface area (Å²) in [5.41, 5.74) is 3.38. The Balaban J connectivity index is 1.60. The molecule has 4 aromatic rings. The number of anilines is 1. The van der Waals surface area contributed by atoms with Gasteiger partial charge in [-0.3, -0.25) is 4.79 Å². The molecule has 1 atom stereocenters. The largest absolute Gasteiger partial charge is 0.313 e. The topological polar surface area (TPSA) is 76.1 Å². The van der Waals surface area contributed by atoms with Gasteiger partial charge in [-0.2, -0.15) is 0 Å². The standard InChI is InChI=1S/C25H24N2O3S3/c1-3-33(29,30)21-11-7-4-8-17(21)23(28)27-25-22(16-13-12-15(2)14-20(16)32-25)24-26-18-9-5-6-10-19(18)31-24/h4-11,15H,3,12-14H2,1-2H3,(H,27,28). The van der Waals surface area contributed by atoms with Crippen LogP contribution in [0.1, 0.15) is 41.1 Å². The lowest BCUT2D eigenvalue weighted by atomic mass is 9.88. The lowest BCUT2D eigenvalue weighted by Gasteiger charge is -2.18. The Kier molecular flexibility index (Phi) is 5.84. The number of fused-ring (bicyclic) bond motifs is 2. The minimum atomic E-state index is -3.52. The second-order valence-electron chi connectivity index (χ2n) is 8.40. The van der Waals surface area contributed by atoms with Crippen molar-refractivity contribution in [3.05, 3.63) is 64.5 Å². The number of thiophene rings is 1. The Labute approximate surface area is 201 Å². The summed E-state index contributed by atoms with van der Waals surface area (Å²) < 4.78 is 26.3. The summed E-state index contributed by atoms with van der Waals surface area (Å²) in [5, 5.41) is 4.71. The van der Waals surface area contributed by atoms with Gasteiger partial charge in [0.1, 0.15) is 10.0 Å². The number of nitrogens with one attached hydrogen (secondary N) is 1. The van der Waals surface area contributed by atoms with Gasteiger partial charge in [-0.15, -0.1) is 22.7 Å².